The number of amides is 2. The van der Waals surface area contributed by atoms with Crippen LogP contribution in [0.1, 0.15) is 43.5 Å². The number of aliphatic imine (C=N–C) groups is 1. The van der Waals surface area contributed by atoms with E-state index in [1.807, 2.05) is 12.1 Å². The summed E-state index contributed by atoms with van der Waals surface area (Å²) in [6.07, 6.45) is 3.11. The predicted molar refractivity (Wildman–Crippen MR) is 163 cm³/mol. The molecule has 42 heavy (non-hydrogen) atoms. The predicted octanol–water partition coefficient (Wildman–Crippen LogP) is 5.26. The summed E-state index contributed by atoms with van der Waals surface area (Å²) in [4.78, 5) is 47.9. The Kier molecular flexibility index (Phi) is 7.41. The standard InChI is InChI=1S/C33H31N5O4/c1-21-12-17-42-31(21)33(41)35-25-5-3-4-22(18-25)30(39)23-6-11-27-28(32(40)36-29(27)19-23)20-34-24-7-9-26(10-8-24)38-15-13-37(2)14-16-38/h3-12,17-20,28H,13-16H2,1-2H3,(H,35,41)(H,36,40). The highest BCUT2D eigenvalue weighted by Crippen LogP contribution is 2.33. The van der Waals surface area contributed by atoms with Gasteiger partial charge in [-0.1, -0.05) is 24.3 Å². The van der Waals surface area contributed by atoms with E-state index < -0.39 is 5.92 Å². The van der Waals surface area contributed by atoms with Gasteiger partial charge in [-0.25, -0.2) is 0 Å². The van der Waals surface area contributed by atoms with E-state index in [0.717, 1.165) is 43.0 Å². The number of ketones is 1. The number of carbonyl (C=O) groups is 3. The second-order valence-electron chi connectivity index (χ2n) is 10.7. The van der Waals surface area contributed by atoms with Gasteiger partial charge in [-0.05, 0) is 68.1 Å². The van der Waals surface area contributed by atoms with Gasteiger partial charge < -0.3 is 24.9 Å². The lowest BCUT2D eigenvalue weighted by molar-refractivity contribution is -0.115. The number of hydrogen-bond acceptors (Lipinski definition) is 7. The van der Waals surface area contributed by atoms with Crippen LogP contribution in [0.15, 0.2) is 88.5 Å². The highest BCUT2D eigenvalue weighted by Gasteiger charge is 2.30. The molecule has 1 atom stereocenters. The summed E-state index contributed by atoms with van der Waals surface area (Å²) in [6, 6.07) is 21.7. The number of hydrogen-bond donors (Lipinski definition) is 2. The maximum Gasteiger partial charge on any atom is 0.291 e. The molecule has 212 valence electrons. The van der Waals surface area contributed by atoms with Gasteiger partial charge in [-0.2, -0.15) is 0 Å². The number of carbonyl (C=O) groups excluding carboxylic acids is 3. The summed E-state index contributed by atoms with van der Waals surface area (Å²) < 4.78 is 5.25. The van der Waals surface area contributed by atoms with Crippen molar-refractivity contribution in [1.29, 1.82) is 0 Å². The molecule has 4 aromatic rings. The Morgan fingerprint density at radius 1 is 0.976 bits per heavy atom. The fraction of sp³-hybridized carbons (Fsp3) is 0.212. The lowest BCUT2D eigenvalue weighted by Crippen LogP contribution is -2.44. The van der Waals surface area contributed by atoms with Gasteiger partial charge >= 0.3 is 0 Å². The summed E-state index contributed by atoms with van der Waals surface area (Å²) in [5.41, 5.74) is 5.34. The minimum absolute atomic E-state index is 0.190. The van der Waals surface area contributed by atoms with E-state index >= 15 is 0 Å². The van der Waals surface area contributed by atoms with E-state index in [1.54, 1.807) is 61.7 Å². The van der Waals surface area contributed by atoms with Crippen molar-refractivity contribution in [2.45, 2.75) is 12.8 Å². The Bertz CT molecular complexity index is 1680. The summed E-state index contributed by atoms with van der Waals surface area (Å²) in [5.74, 6) is -1.13. The highest BCUT2D eigenvalue weighted by atomic mass is 16.3. The van der Waals surface area contributed by atoms with Crippen molar-refractivity contribution in [3.63, 3.8) is 0 Å². The third-order valence-corrected chi connectivity index (χ3v) is 7.73. The molecule has 1 saturated heterocycles. The zero-order chi connectivity index (χ0) is 29.2. The quantitative estimate of drug-likeness (QED) is 0.235. The topological polar surface area (TPSA) is 107 Å². The number of aryl methyl sites for hydroxylation is 1. The first-order chi connectivity index (χ1) is 20.4. The molecule has 3 aromatic carbocycles. The molecule has 1 fully saturated rings. The van der Waals surface area contributed by atoms with Crippen LogP contribution in [-0.4, -0.2) is 61.9 Å². The zero-order valence-electron chi connectivity index (χ0n) is 23.5. The zero-order valence-corrected chi connectivity index (χ0v) is 23.5. The molecule has 3 heterocycles. The van der Waals surface area contributed by atoms with E-state index in [-0.39, 0.29) is 23.4 Å². The number of piperazine rings is 1. The molecule has 0 saturated carbocycles. The summed E-state index contributed by atoms with van der Waals surface area (Å²) in [7, 11) is 2.14. The van der Waals surface area contributed by atoms with Crippen LogP contribution >= 0.6 is 0 Å². The van der Waals surface area contributed by atoms with Gasteiger partial charge in [0.2, 0.25) is 5.91 Å². The molecular formula is C33H31N5O4. The van der Waals surface area contributed by atoms with Crippen LogP contribution in [0, 0.1) is 6.92 Å². The number of nitrogens with one attached hydrogen (secondary N) is 2. The number of fused-ring (bicyclic) bond motifs is 1. The van der Waals surface area contributed by atoms with Crippen LogP contribution in [0.25, 0.3) is 0 Å². The van der Waals surface area contributed by atoms with Crippen molar-refractivity contribution in [2.24, 2.45) is 4.99 Å². The molecular weight excluding hydrogens is 530 g/mol. The van der Waals surface area contributed by atoms with Crippen molar-refractivity contribution >= 4 is 46.6 Å². The molecule has 1 aromatic heterocycles. The second kappa shape index (κ2) is 11.5. The van der Waals surface area contributed by atoms with Crippen LogP contribution in [0.3, 0.4) is 0 Å². The minimum Gasteiger partial charge on any atom is -0.459 e. The first kappa shape index (κ1) is 27.2. The molecule has 2 aliphatic rings. The number of anilines is 3. The Morgan fingerprint density at radius 3 is 2.48 bits per heavy atom. The average Bonchev–Trinajstić information content (AvgIpc) is 3.57. The second-order valence-corrected chi connectivity index (χ2v) is 10.7. The van der Waals surface area contributed by atoms with Gasteiger partial charge in [0.15, 0.2) is 11.5 Å². The van der Waals surface area contributed by atoms with Crippen LogP contribution in [-0.2, 0) is 4.79 Å². The van der Waals surface area contributed by atoms with Crippen molar-refractivity contribution in [1.82, 2.24) is 4.90 Å². The number of likely N-dealkylation sites (N-methyl/N-ethyl adjacent to an activating group) is 1. The van der Waals surface area contributed by atoms with E-state index in [2.05, 4.69) is 44.6 Å². The molecule has 0 aliphatic carbocycles. The number of furan rings is 1. The molecule has 9 nitrogen and oxygen atoms in total. The lowest BCUT2D eigenvalue weighted by atomic mass is 9.97. The SMILES string of the molecule is Cc1ccoc1C(=O)Nc1cccc(C(=O)c2ccc3c(c2)NC(=O)C3C=Nc2ccc(N3CCN(C)CC3)cc2)c1. The van der Waals surface area contributed by atoms with Gasteiger partial charge in [0, 0.05) is 66.1 Å². The Balaban J connectivity index is 1.14. The highest BCUT2D eigenvalue weighted by molar-refractivity contribution is 6.15. The molecule has 1 unspecified atom stereocenters. The lowest BCUT2D eigenvalue weighted by Gasteiger charge is -2.34. The van der Waals surface area contributed by atoms with Crippen molar-refractivity contribution < 1.29 is 18.8 Å². The van der Waals surface area contributed by atoms with Gasteiger partial charge in [-0.3, -0.25) is 19.4 Å². The van der Waals surface area contributed by atoms with E-state index in [4.69, 9.17) is 4.42 Å². The van der Waals surface area contributed by atoms with Gasteiger partial charge in [0.05, 0.1) is 12.0 Å². The molecule has 2 aliphatic heterocycles. The minimum atomic E-state index is -0.551. The molecule has 0 radical (unpaired) electrons. The van der Waals surface area contributed by atoms with Crippen LogP contribution in [0.4, 0.5) is 22.7 Å². The van der Waals surface area contributed by atoms with Crippen molar-refractivity contribution in [3.8, 4) is 0 Å². The third-order valence-electron chi connectivity index (χ3n) is 7.73. The first-order valence-corrected chi connectivity index (χ1v) is 13.9. The maximum absolute atomic E-state index is 13.3. The molecule has 0 spiro atoms. The maximum atomic E-state index is 13.3. The number of nitrogens with zero attached hydrogens (tertiary/aromatic N) is 3. The summed E-state index contributed by atoms with van der Waals surface area (Å²) >= 11 is 0. The van der Waals surface area contributed by atoms with Crippen molar-refractivity contribution in [2.75, 3.05) is 48.8 Å². The first-order valence-electron chi connectivity index (χ1n) is 13.9. The Morgan fingerprint density at radius 2 is 1.74 bits per heavy atom. The van der Waals surface area contributed by atoms with Gasteiger partial charge in [0.25, 0.3) is 5.91 Å². The Labute approximate surface area is 243 Å². The molecule has 0 bridgehead atoms. The van der Waals surface area contributed by atoms with E-state index in [9.17, 15) is 14.4 Å². The van der Waals surface area contributed by atoms with Crippen LogP contribution < -0.4 is 15.5 Å². The van der Waals surface area contributed by atoms with Gasteiger partial charge in [0.1, 0.15) is 5.92 Å². The summed E-state index contributed by atoms with van der Waals surface area (Å²) in [5, 5.41) is 5.66. The Hall–Kier alpha value is -5.02. The molecule has 2 amide bonds. The fourth-order valence-electron chi connectivity index (χ4n) is 5.25. The number of benzene rings is 3. The fourth-order valence-corrected chi connectivity index (χ4v) is 5.25. The molecule has 6 rings (SSSR count). The van der Waals surface area contributed by atoms with Gasteiger partial charge in [-0.15, -0.1) is 0 Å². The molecule has 2 N–H and O–H groups in total. The largest absolute Gasteiger partial charge is 0.459 e. The average molecular weight is 562 g/mol. The monoisotopic (exact) mass is 561 g/mol. The van der Waals surface area contributed by atoms with Crippen LogP contribution in [0.5, 0.6) is 0 Å². The summed E-state index contributed by atoms with van der Waals surface area (Å²) in [6.45, 7) is 5.86. The number of rotatable bonds is 7. The molecule has 9 heteroatoms. The van der Waals surface area contributed by atoms with Crippen LogP contribution in [0.2, 0.25) is 0 Å². The smallest absolute Gasteiger partial charge is 0.291 e. The third kappa shape index (κ3) is 5.59. The van der Waals surface area contributed by atoms with E-state index in [0.29, 0.717) is 22.5 Å². The van der Waals surface area contributed by atoms with Crippen molar-refractivity contribution in [3.05, 3.63) is 107 Å². The van der Waals surface area contributed by atoms with E-state index in [1.165, 1.54) is 12.0 Å². The normalized spacial score (nSPS) is 16.9.